The zero-order valence-corrected chi connectivity index (χ0v) is 11.1. The van der Waals surface area contributed by atoms with Gasteiger partial charge in [0.25, 0.3) is 0 Å². The van der Waals surface area contributed by atoms with Crippen molar-refractivity contribution in [3.63, 3.8) is 0 Å². The average molecular weight is 256 g/mol. The number of carbonyl (C=O) groups is 2. The molecule has 2 amide bonds. The number of piperidine rings is 1. The van der Waals surface area contributed by atoms with E-state index in [0.717, 1.165) is 6.42 Å². The fourth-order valence-corrected chi connectivity index (χ4v) is 2.19. The molecule has 1 N–H and O–H groups in total. The first-order valence-electron chi connectivity index (χ1n) is 6.24. The molecule has 6 nitrogen and oxygen atoms in total. The molecule has 102 valence electrons. The molecular weight excluding hydrogens is 236 g/mol. The van der Waals surface area contributed by atoms with Crippen molar-refractivity contribution in [2.75, 3.05) is 19.7 Å². The highest BCUT2D eigenvalue weighted by atomic mass is 16.6. The minimum absolute atomic E-state index is 0.0152. The second kappa shape index (κ2) is 4.76. The first-order chi connectivity index (χ1) is 8.35. The summed E-state index contributed by atoms with van der Waals surface area (Å²) in [5, 5.41) is 2.85. The summed E-state index contributed by atoms with van der Waals surface area (Å²) in [7, 11) is 0. The zero-order chi connectivity index (χ0) is 13.3. The van der Waals surface area contributed by atoms with Crippen LogP contribution in [0.15, 0.2) is 0 Å². The van der Waals surface area contributed by atoms with Crippen molar-refractivity contribution in [2.24, 2.45) is 0 Å². The molecule has 2 heterocycles. The molecule has 2 fully saturated rings. The Labute approximate surface area is 107 Å². The second-order valence-electron chi connectivity index (χ2n) is 5.74. The number of amides is 2. The van der Waals surface area contributed by atoms with Crippen LogP contribution in [0.1, 0.15) is 27.2 Å². The van der Waals surface area contributed by atoms with Crippen molar-refractivity contribution in [3.8, 4) is 0 Å². The monoisotopic (exact) mass is 256 g/mol. The first-order valence-corrected chi connectivity index (χ1v) is 6.24. The summed E-state index contributed by atoms with van der Waals surface area (Å²) in [6.07, 6.45) is 0.409. The van der Waals surface area contributed by atoms with Crippen LogP contribution in [-0.2, 0) is 14.3 Å². The fraction of sp³-hybridized carbons (Fsp3) is 0.833. The molecule has 0 aromatic carbocycles. The normalized spacial score (nSPS) is 28.4. The maximum Gasteiger partial charge on any atom is 0.410 e. The number of likely N-dealkylation sites (tertiary alicyclic amines) is 1. The molecule has 6 heteroatoms. The summed E-state index contributed by atoms with van der Waals surface area (Å²) >= 11 is 0. The predicted octanol–water partition coefficient (Wildman–Crippen LogP) is 0.511. The summed E-state index contributed by atoms with van der Waals surface area (Å²) < 4.78 is 10.7. The van der Waals surface area contributed by atoms with Gasteiger partial charge in [0.15, 0.2) is 0 Å². The fourth-order valence-electron chi connectivity index (χ4n) is 2.19. The quantitative estimate of drug-likeness (QED) is 0.685. The Morgan fingerprint density at radius 2 is 2.22 bits per heavy atom. The van der Waals surface area contributed by atoms with Gasteiger partial charge >= 0.3 is 6.09 Å². The molecule has 0 aromatic heterocycles. The van der Waals surface area contributed by atoms with E-state index >= 15 is 0 Å². The lowest BCUT2D eigenvalue weighted by Gasteiger charge is -2.41. The van der Waals surface area contributed by atoms with Crippen LogP contribution in [-0.4, -0.2) is 54.3 Å². The Bertz CT molecular complexity index is 350. The molecule has 0 aliphatic carbocycles. The Hall–Kier alpha value is -1.30. The number of rotatable bonds is 0. The first kappa shape index (κ1) is 13.1. The molecule has 0 radical (unpaired) electrons. The third-order valence-corrected chi connectivity index (χ3v) is 2.98. The number of carbonyl (C=O) groups excluding carboxylic acids is 2. The van der Waals surface area contributed by atoms with Crippen LogP contribution in [0.4, 0.5) is 4.79 Å². The highest BCUT2D eigenvalue weighted by Gasteiger charge is 2.37. The molecule has 18 heavy (non-hydrogen) atoms. The van der Waals surface area contributed by atoms with E-state index in [4.69, 9.17) is 9.47 Å². The molecule has 2 saturated heterocycles. The van der Waals surface area contributed by atoms with Crippen LogP contribution in [0.2, 0.25) is 0 Å². The van der Waals surface area contributed by atoms with Gasteiger partial charge in [-0.2, -0.15) is 0 Å². The standard InChI is InChI=1S/C12H20N2O4/c1-12(2,3)18-11(16)14-5-4-9-8(6-14)13-10(15)7-17-9/h8-9H,4-7H2,1-3H3,(H,13,15). The van der Waals surface area contributed by atoms with E-state index in [1.54, 1.807) is 4.90 Å². The van der Waals surface area contributed by atoms with Gasteiger partial charge in [-0.1, -0.05) is 0 Å². The lowest BCUT2D eigenvalue weighted by Crippen LogP contribution is -2.61. The molecule has 0 spiro atoms. The lowest BCUT2D eigenvalue weighted by molar-refractivity contribution is -0.140. The molecule has 0 saturated carbocycles. The number of hydrogen-bond donors (Lipinski definition) is 1. The highest BCUT2D eigenvalue weighted by molar-refractivity contribution is 5.78. The Kier molecular flexibility index (Phi) is 3.47. The Morgan fingerprint density at radius 3 is 2.89 bits per heavy atom. The van der Waals surface area contributed by atoms with Crippen LogP contribution < -0.4 is 5.32 Å². The van der Waals surface area contributed by atoms with Gasteiger partial charge in [-0.25, -0.2) is 4.79 Å². The van der Waals surface area contributed by atoms with Gasteiger partial charge < -0.3 is 19.7 Å². The molecule has 2 aliphatic rings. The maximum absolute atomic E-state index is 11.9. The molecule has 2 aliphatic heterocycles. The van der Waals surface area contributed by atoms with E-state index in [-0.39, 0.29) is 30.8 Å². The molecule has 2 rings (SSSR count). The topological polar surface area (TPSA) is 67.9 Å². The zero-order valence-electron chi connectivity index (χ0n) is 11.1. The summed E-state index contributed by atoms with van der Waals surface area (Å²) in [6.45, 7) is 6.68. The molecule has 2 atom stereocenters. The van der Waals surface area contributed by atoms with Gasteiger partial charge in [-0.3, -0.25) is 4.79 Å². The van der Waals surface area contributed by atoms with Gasteiger partial charge in [-0.05, 0) is 27.2 Å². The molecule has 2 unspecified atom stereocenters. The smallest absolute Gasteiger partial charge is 0.410 e. The van der Waals surface area contributed by atoms with Crippen molar-refractivity contribution in [2.45, 2.75) is 44.9 Å². The molecule has 0 aromatic rings. The van der Waals surface area contributed by atoms with Crippen LogP contribution in [0, 0.1) is 0 Å². The lowest BCUT2D eigenvalue weighted by atomic mass is 10.0. The number of nitrogens with one attached hydrogen (secondary N) is 1. The minimum Gasteiger partial charge on any atom is -0.444 e. The summed E-state index contributed by atoms with van der Waals surface area (Å²) in [4.78, 5) is 24.8. The predicted molar refractivity (Wildman–Crippen MR) is 64.1 cm³/mol. The van der Waals surface area contributed by atoms with Gasteiger partial charge in [0.1, 0.15) is 12.2 Å². The SMILES string of the molecule is CC(C)(C)OC(=O)N1CCC2OCC(=O)NC2C1. The maximum atomic E-state index is 11.9. The third kappa shape index (κ3) is 3.13. The Morgan fingerprint density at radius 1 is 1.50 bits per heavy atom. The van der Waals surface area contributed by atoms with Gasteiger partial charge in [0.05, 0.1) is 12.1 Å². The highest BCUT2D eigenvalue weighted by Crippen LogP contribution is 2.19. The van der Waals surface area contributed by atoms with Crippen LogP contribution in [0.25, 0.3) is 0 Å². The summed E-state index contributed by atoms with van der Waals surface area (Å²) in [5.41, 5.74) is -0.500. The van der Waals surface area contributed by atoms with E-state index in [1.165, 1.54) is 0 Å². The summed E-state index contributed by atoms with van der Waals surface area (Å²) in [5.74, 6) is -0.123. The molecule has 0 bridgehead atoms. The Balaban J connectivity index is 1.93. The van der Waals surface area contributed by atoms with E-state index in [1.807, 2.05) is 20.8 Å². The number of morpholine rings is 1. The van der Waals surface area contributed by atoms with Gasteiger partial charge in [0, 0.05) is 13.1 Å². The van der Waals surface area contributed by atoms with Crippen molar-refractivity contribution >= 4 is 12.0 Å². The molecular formula is C12H20N2O4. The van der Waals surface area contributed by atoms with Crippen LogP contribution >= 0.6 is 0 Å². The average Bonchev–Trinajstić information content (AvgIpc) is 2.25. The van der Waals surface area contributed by atoms with Crippen molar-refractivity contribution in [1.82, 2.24) is 10.2 Å². The number of ether oxygens (including phenoxy) is 2. The van der Waals surface area contributed by atoms with E-state index in [2.05, 4.69) is 5.32 Å². The van der Waals surface area contributed by atoms with Crippen LogP contribution in [0.5, 0.6) is 0 Å². The second-order valence-corrected chi connectivity index (χ2v) is 5.74. The van der Waals surface area contributed by atoms with Gasteiger partial charge in [0.2, 0.25) is 5.91 Å². The van der Waals surface area contributed by atoms with Crippen molar-refractivity contribution < 1.29 is 19.1 Å². The van der Waals surface area contributed by atoms with E-state index in [9.17, 15) is 9.59 Å². The third-order valence-electron chi connectivity index (χ3n) is 2.98. The van der Waals surface area contributed by atoms with Gasteiger partial charge in [-0.15, -0.1) is 0 Å². The van der Waals surface area contributed by atoms with Crippen molar-refractivity contribution in [3.05, 3.63) is 0 Å². The number of hydrogen-bond acceptors (Lipinski definition) is 4. The van der Waals surface area contributed by atoms with Crippen LogP contribution in [0.3, 0.4) is 0 Å². The van der Waals surface area contributed by atoms with E-state index < -0.39 is 5.60 Å². The minimum atomic E-state index is -0.500. The number of nitrogens with zero attached hydrogens (tertiary/aromatic N) is 1. The van der Waals surface area contributed by atoms with E-state index in [0.29, 0.717) is 13.1 Å². The summed E-state index contributed by atoms with van der Waals surface area (Å²) in [6, 6.07) is -0.118. The van der Waals surface area contributed by atoms with Crippen molar-refractivity contribution in [1.29, 1.82) is 0 Å². The number of fused-ring (bicyclic) bond motifs is 1. The largest absolute Gasteiger partial charge is 0.444 e.